The summed E-state index contributed by atoms with van der Waals surface area (Å²) < 4.78 is 0. The third-order valence-electron chi connectivity index (χ3n) is 4.96. The van der Waals surface area contributed by atoms with Crippen LogP contribution in [0.1, 0.15) is 37.9 Å². The molecular weight excluding hydrogens is 328 g/mol. The normalized spacial score (nSPS) is 18.2. The number of aromatic nitrogens is 2. The van der Waals surface area contributed by atoms with Crippen LogP contribution in [-0.2, 0) is 4.79 Å². The number of hydrogen-bond donors (Lipinski definition) is 2. The first kappa shape index (κ1) is 18.6. The molecule has 1 aromatic carbocycles. The van der Waals surface area contributed by atoms with Crippen LogP contribution >= 0.6 is 0 Å². The van der Waals surface area contributed by atoms with Crippen molar-refractivity contribution in [3.05, 3.63) is 29.5 Å². The number of anilines is 1. The summed E-state index contributed by atoms with van der Waals surface area (Å²) in [6.07, 6.45) is 1.77. The van der Waals surface area contributed by atoms with E-state index in [-0.39, 0.29) is 18.4 Å². The van der Waals surface area contributed by atoms with Gasteiger partial charge in [0.1, 0.15) is 0 Å². The van der Waals surface area contributed by atoms with E-state index in [1.807, 2.05) is 20.8 Å². The molecule has 1 aliphatic rings. The van der Waals surface area contributed by atoms with E-state index >= 15 is 0 Å². The number of rotatable bonds is 4. The van der Waals surface area contributed by atoms with Crippen molar-refractivity contribution >= 4 is 22.8 Å². The van der Waals surface area contributed by atoms with Crippen LogP contribution in [0.4, 0.5) is 5.95 Å². The maximum absolute atomic E-state index is 12.6. The molecule has 0 radical (unpaired) electrons. The summed E-state index contributed by atoms with van der Waals surface area (Å²) in [6.45, 7) is 9.07. The predicted octanol–water partition coefficient (Wildman–Crippen LogP) is 2.35. The van der Waals surface area contributed by atoms with E-state index in [1.54, 1.807) is 0 Å². The lowest BCUT2D eigenvalue weighted by Gasteiger charge is -2.34. The molecule has 2 heterocycles. The van der Waals surface area contributed by atoms with Crippen molar-refractivity contribution in [1.82, 2.24) is 15.3 Å². The summed E-state index contributed by atoms with van der Waals surface area (Å²) in [7, 11) is 0. The fourth-order valence-corrected chi connectivity index (χ4v) is 3.37. The Labute approximate surface area is 154 Å². The van der Waals surface area contributed by atoms with Crippen LogP contribution in [0, 0.1) is 19.8 Å². The highest BCUT2D eigenvalue weighted by molar-refractivity contribution is 5.83. The van der Waals surface area contributed by atoms with E-state index in [0.717, 1.165) is 36.0 Å². The second-order valence-electron chi connectivity index (χ2n) is 7.95. The molecule has 1 aromatic heterocycles. The molecule has 3 rings (SSSR count). The summed E-state index contributed by atoms with van der Waals surface area (Å²) in [5.74, 6) is 0.563. The molecule has 6 heteroatoms. The van der Waals surface area contributed by atoms with Gasteiger partial charge in [0.15, 0.2) is 0 Å². The average Bonchev–Trinajstić information content (AvgIpc) is 2.61. The number of aliphatic hydroxyl groups excluding tert-OH is 1. The molecule has 1 fully saturated rings. The Balaban J connectivity index is 1.81. The second kappa shape index (κ2) is 7.19. The number of nitrogens with zero attached hydrogens (tertiary/aromatic N) is 3. The van der Waals surface area contributed by atoms with Gasteiger partial charge in [-0.15, -0.1) is 0 Å². The van der Waals surface area contributed by atoms with Gasteiger partial charge in [-0.1, -0.05) is 12.1 Å². The van der Waals surface area contributed by atoms with Gasteiger partial charge in [0.25, 0.3) is 0 Å². The number of hydrogen-bond acceptors (Lipinski definition) is 5. The third-order valence-corrected chi connectivity index (χ3v) is 4.96. The first-order valence-electron chi connectivity index (χ1n) is 9.22. The van der Waals surface area contributed by atoms with Gasteiger partial charge in [-0.05, 0) is 52.2 Å². The van der Waals surface area contributed by atoms with Crippen molar-refractivity contribution in [2.45, 2.75) is 46.1 Å². The van der Waals surface area contributed by atoms with E-state index < -0.39 is 5.54 Å². The van der Waals surface area contributed by atoms with Gasteiger partial charge in [0, 0.05) is 18.5 Å². The molecule has 1 saturated heterocycles. The van der Waals surface area contributed by atoms with Crippen LogP contribution in [0.15, 0.2) is 18.2 Å². The molecule has 6 nitrogen and oxygen atoms in total. The van der Waals surface area contributed by atoms with Crippen LogP contribution in [0.25, 0.3) is 10.9 Å². The number of carbonyl (C=O) groups excluding carboxylic acids is 1. The van der Waals surface area contributed by atoms with E-state index in [9.17, 15) is 9.90 Å². The van der Waals surface area contributed by atoms with E-state index in [1.165, 1.54) is 5.56 Å². The maximum Gasteiger partial charge on any atom is 0.226 e. The van der Waals surface area contributed by atoms with Gasteiger partial charge in [0.05, 0.1) is 29.3 Å². The minimum atomic E-state index is -0.604. The van der Waals surface area contributed by atoms with Crippen LogP contribution in [-0.4, -0.2) is 46.2 Å². The van der Waals surface area contributed by atoms with Gasteiger partial charge in [-0.2, -0.15) is 0 Å². The zero-order valence-corrected chi connectivity index (χ0v) is 16.0. The van der Waals surface area contributed by atoms with Crippen molar-refractivity contribution in [3.63, 3.8) is 0 Å². The molecule has 0 spiro atoms. The minimum Gasteiger partial charge on any atom is -0.394 e. The minimum absolute atomic E-state index is 0.0119. The second-order valence-corrected chi connectivity index (χ2v) is 7.95. The number of aryl methyl sites for hydroxylation is 2. The maximum atomic E-state index is 12.6. The number of carbonyl (C=O) groups is 1. The van der Waals surface area contributed by atoms with E-state index in [0.29, 0.717) is 12.5 Å². The number of piperidine rings is 1. The highest BCUT2D eigenvalue weighted by Crippen LogP contribution is 2.25. The van der Waals surface area contributed by atoms with Crippen molar-refractivity contribution in [2.24, 2.45) is 5.92 Å². The first-order valence-corrected chi connectivity index (χ1v) is 9.22. The SMILES string of the molecule is Cc1ccc2c(C)nc(N3CCCC(C(=O)NC(C)(C)CO)C3)nc2c1. The van der Waals surface area contributed by atoms with Gasteiger partial charge < -0.3 is 15.3 Å². The van der Waals surface area contributed by atoms with Gasteiger partial charge in [-0.25, -0.2) is 9.97 Å². The number of amides is 1. The van der Waals surface area contributed by atoms with Crippen LogP contribution in [0.5, 0.6) is 0 Å². The molecule has 1 unspecified atom stereocenters. The zero-order valence-electron chi connectivity index (χ0n) is 16.0. The Morgan fingerprint density at radius 3 is 2.85 bits per heavy atom. The van der Waals surface area contributed by atoms with Crippen LogP contribution < -0.4 is 10.2 Å². The molecule has 26 heavy (non-hydrogen) atoms. The Morgan fingerprint density at radius 1 is 1.35 bits per heavy atom. The topological polar surface area (TPSA) is 78.4 Å². The molecule has 1 aliphatic heterocycles. The Hall–Kier alpha value is -2.21. The third kappa shape index (κ3) is 3.96. The Morgan fingerprint density at radius 2 is 2.12 bits per heavy atom. The lowest BCUT2D eigenvalue weighted by Crippen LogP contribution is -2.51. The summed E-state index contributed by atoms with van der Waals surface area (Å²) >= 11 is 0. The molecule has 2 aromatic rings. The largest absolute Gasteiger partial charge is 0.394 e. The van der Waals surface area contributed by atoms with E-state index in [4.69, 9.17) is 4.98 Å². The molecule has 1 amide bonds. The molecule has 140 valence electrons. The highest BCUT2D eigenvalue weighted by atomic mass is 16.3. The summed E-state index contributed by atoms with van der Waals surface area (Å²) in [5, 5.41) is 13.4. The molecule has 2 N–H and O–H groups in total. The van der Waals surface area contributed by atoms with Crippen molar-refractivity contribution in [3.8, 4) is 0 Å². The summed E-state index contributed by atoms with van der Waals surface area (Å²) in [4.78, 5) is 24.1. The summed E-state index contributed by atoms with van der Waals surface area (Å²) in [5.41, 5.74) is 2.47. The quantitative estimate of drug-likeness (QED) is 0.879. The zero-order chi connectivity index (χ0) is 18.9. The molecule has 0 bridgehead atoms. The molecule has 0 saturated carbocycles. The number of fused-ring (bicyclic) bond motifs is 1. The van der Waals surface area contributed by atoms with Gasteiger partial charge in [-0.3, -0.25) is 4.79 Å². The monoisotopic (exact) mass is 356 g/mol. The van der Waals surface area contributed by atoms with Crippen LogP contribution in [0.3, 0.4) is 0 Å². The fraction of sp³-hybridized carbons (Fsp3) is 0.550. The fourth-order valence-electron chi connectivity index (χ4n) is 3.37. The van der Waals surface area contributed by atoms with Gasteiger partial charge in [0.2, 0.25) is 11.9 Å². The number of benzene rings is 1. The number of nitrogens with one attached hydrogen (secondary N) is 1. The lowest BCUT2D eigenvalue weighted by atomic mass is 9.95. The number of aliphatic hydroxyl groups is 1. The van der Waals surface area contributed by atoms with Crippen LogP contribution in [0.2, 0.25) is 0 Å². The Kier molecular flexibility index (Phi) is 5.14. The molecule has 1 atom stereocenters. The predicted molar refractivity (Wildman–Crippen MR) is 103 cm³/mol. The average molecular weight is 356 g/mol. The summed E-state index contributed by atoms with van der Waals surface area (Å²) in [6, 6.07) is 6.21. The standard InChI is InChI=1S/C20H28N4O2/c1-13-7-8-16-14(2)21-19(22-17(16)10-13)24-9-5-6-15(11-24)18(26)23-20(3,4)12-25/h7-8,10,15,25H,5-6,9,11-12H2,1-4H3,(H,23,26). The van der Waals surface area contributed by atoms with Crippen molar-refractivity contribution in [1.29, 1.82) is 0 Å². The highest BCUT2D eigenvalue weighted by Gasteiger charge is 2.30. The first-order chi connectivity index (χ1) is 12.3. The lowest BCUT2D eigenvalue weighted by molar-refractivity contribution is -0.127. The molecule has 0 aliphatic carbocycles. The van der Waals surface area contributed by atoms with E-state index in [2.05, 4.69) is 40.3 Å². The van der Waals surface area contributed by atoms with Gasteiger partial charge >= 0.3 is 0 Å². The van der Waals surface area contributed by atoms with Crippen molar-refractivity contribution in [2.75, 3.05) is 24.6 Å². The molecular formula is C20H28N4O2. The van der Waals surface area contributed by atoms with Crippen molar-refractivity contribution < 1.29 is 9.90 Å². The Bertz CT molecular complexity index is 819. The smallest absolute Gasteiger partial charge is 0.226 e.